The van der Waals surface area contributed by atoms with Gasteiger partial charge in [0.15, 0.2) is 6.10 Å². The predicted molar refractivity (Wildman–Crippen MR) is 52.7 cm³/mol. The quantitative estimate of drug-likeness (QED) is 0.765. The third-order valence-corrected chi connectivity index (χ3v) is 1.80. The molecule has 90 valence electrons. The molecule has 0 aliphatic heterocycles. The molecule has 6 heteroatoms. The Morgan fingerprint density at radius 3 is 2.81 bits per heavy atom. The Bertz CT molecular complexity index is 319. The summed E-state index contributed by atoms with van der Waals surface area (Å²) in [5.74, 6) is 0.623. The van der Waals surface area contributed by atoms with E-state index in [1.165, 1.54) is 6.26 Å². The fourth-order valence-corrected chi connectivity index (χ4v) is 0.980. The maximum atomic E-state index is 11.9. The van der Waals surface area contributed by atoms with Crippen LogP contribution in [0.4, 0.5) is 13.2 Å². The Morgan fingerprint density at radius 2 is 2.25 bits per heavy atom. The summed E-state index contributed by atoms with van der Waals surface area (Å²) in [4.78, 5) is 0. The molecule has 0 radical (unpaired) electrons. The minimum Gasteiger partial charge on any atom is -0.465 e. The molecular formula is C10H12F3NO2. The van der Waals surface area contributed by atoms with Gasteiger partial charge in [-0.3, -0.25) is 0 Å². The van der Waals surface area contributed by atoms with Crippen molar-refractivity contribution in [1.82, 2.24) is 5.32 Å². The molecule has 0 bridgehead atoms. The lowest BCUT2D eigenvalue weighted by Crippen LogP contribution is -2.38. The van der Waals surface area contributed by atoms with Gasteiger partial charge in [0.1, 0.15) is 5.76 Å². The van der Waals surface area contributed by atoms with E-state index in [1.807, 2.05) is 0 Å². The van der Waals surface area contributed by atoms with Crippen molar-refractivity contribution in [3.8, 4) is 0 Å². The molecule has 0 fully saturated rings. The van der Waals surface area contributed by atoms with Gasteiger partial charge in [-0.1, -0.05) is 6.08 Å². The van der Waals surface area contributed by atoms with Gasteiger partial charge in [-0.05, 0) is 18.2 Å². The third kappa shape index (κ3) is 4.50. The highest BCUT2D eigenvalue weighted by Crippen LogP contribution is 2.18. The van der Waals surface area contributed by atoms with Crippen LogP contribution in [0, 0.1) is 0 Å². The Morgan fingerprint density at radius 1 is 1.50 bits per heavy atom. The van der Waals surface area contributed by atoms with Gasteiger partial charge >= 0.3 is 6.18 Å². The van der Waals surface area contributed by atoms with Crippen molar-refractivity contribution in [2.75, 3.05) is 13.1 Å². The number of halogens is 3. The van der Waals surface area contributed by atoms with E-state index in [0.29, 0.717) is 5.76 Å². The Balaban J connectivity index is 2.17. The number of furan rings is 1. The Hall–Kier alpha value is -1.27. The smallest absolute Gasteiger partial charge is 0.415 e. The number of alkyl halides is 3. The van der Waals surface area contributed by atoms with Crippen LogP contribution < -0.4 is 5.32 Å². The van der Waals surface area contributed by atoms with E-state index in [0.717, 1.165) is 0 Å². The number of hydrogen-bond acceptors (Lipinski definition) is 3. The Labute approximate surface area is 90.6 Å². The molecule has 0 spiro atoms. The first kappa shape index (κ1) is 12.8. The van der Waals surface area contributed by atoms with E-state index in [9.17, 15) is 13.2 Å². The summed E-state index contributed by atoms with van der Waals surface area (Å²) in [6.07, 6.45) is -2.16. The molecule has 1 aromatic heterocycles. The monoisotopic (exact) mass is 235 g/mol. The highest BCUT2D eigenvalue weighted by atomic mass is 19.4. The number of rotatable bonds is 5. The van der Waals surface area contributed by atoms with Gasteiger partial charge in [0.25, 0.3) is 0 Å². The van der Waals surface area contributed by atoms with Crippen molar-refractivity contribution in [2.45, 2.75) is 12.3 Å². The van der Waals surface area contributed by atoms with Gasteiger partial charge in [0.2, 0.25) is 0 Å². The fraction of sp³-hybridized carbons (Fsp3) is 0.400. The van der Waals surface area contributed by atoms with Gasteiger partial charge in [0, 0.05) is 13.1 Å². The summed E-state index contributed by atoms with van der Waals surface area (Å²) in [6.45, 7) is -0.292. The zero-order valence-electron chi connectivity index (χ0n) is 8.37. The van der Waals surface area contributed by atoms with Crippen LogP contribution in [0.2, 0.25) is 0 Å². The zero-order valence-corrected chi connectivity index (χ0v) is 8.37. The minimum absolute atomic E-state index is 0.230. The zero-order chi connectivity index (χ0) is 12.0. The maximum Gasteiger partial charge on any atom is 0.415 e. The lowest BCUT2D eigenvalue weighted by atomic mass is 10.3. The van der Waals surface area contributed by atoms with Crippen LogP contribution in [-0.4, -0.2) is 30.5 Å². The number of hydrogen-bond donors (Lipinski definition) is 2. The lowest BCUT2D eigenvalue weighted by molar-refractivity contribution is -0.201. The van der Waals surface area contributed by atoms with E-state index >= 15 is 0 Å². The lowest BCUT2D eigenvalue weighted by Gasteiger charge is -2.14. The van der Waals surface area contributed by atoms with Crippen LogP contribution in [0.25, 0.3) is 6.08 Å². The summed E-state index contributed by atoms with van der Waals surface area (Å²) in [6, 6.07) is 3.43. The fourth-order valence-electron chi connectivity index (χ4n) is 0.980. The average Bonchev–Trinajstić information content (AvgIpc) is 2.68. The molecule has 1 atom stereocenters. The van der Waals surface area contributed by atoms with Gasteiger partial charge in [-0.25, -0.2) is 0 Å². The molecule has 0 aliphatic carbocycles. The largest absolute Gasteiger partial charge is 0.465 e. The van der Waals surface area contributed by atoms with Crippen LogP contribution in [0.1, 0.15) is 5.76 Å². The van der Waals surface area contributed by atoms with Crippen molar-refractivity contribution >= 4 is 6.08 Å². The average molecular weight is 235 g/mol. The molecule has 1 rings (SSSR count). The second-order valence-corrected chi connectivity index (χ2v) is 3.13. The number of nitrogens with one attached hydrogen (secondary N) is 1. The van der Waals surface area contributed by atoms with E-state index < -0.39 is 18.8 Å². The summed E-state index contributed by atoms with van der Waals surface area (Å²) in [7, 11) is 0. The molecule has 2 N–H and O–H groups in total. The van der Waals surface area contributed by atoms with Crippen LogP contribution >= 0.6 is 0 Å². The molecule has 1 unspecified atom stereocenters. The van der Waals surface area contributed by atoms with Gasteiger partial charge in [0.05, 0.1) is 6.26 Å². The summed E-state index contributed by atoms with van der Waals surface area (Å²) in [5.41, 5.74) is 0. The summed E-state index contributed by atoms with van der Waals surface area (Å²) >= 11 is 0. The van der Waals surface area contributed by atoms with E-state index in [-0.39, 0.29) is 6.54 Å². The van der Waals surface area contributed by atoms with E-state index in [4.69, 9.17) is 9.52 Å². The molecular weight excluding hydrogens is 223 g/mol. The summed E-state index contributed by atoms with van der Waals surface area (Å²) < 4.78 is 40.5. The summed E-state index contributed by atoms with van der Waals surface area (Å²) in [5, 5.41) is 11.1. The van der Waals surface area contributed by atoms with Crippen molar-refractivity contribution in [3.63, 3.8) is 0 Å². The second kappa shape index (κ2) is 5.72. The minimum atomic E-state index is -4.57. The van der Waals surface area contributed by atoms with Crippen molar-refractivity contribution < 1.29 is 22.7 Å². The van der Waals surface area contributed by atoms with Crippen LogP contribution in [-0.2, 0) is 0 Å². The van der Waals surface area contributed by atoms with Crippen LogP contribution in [0.15, 0.2) is 28.9 Å². The first-order chi connectivity index (χ1) is 7.50. The van der Waals surface area contributed by atoms with Crippen molar-refractivity contribution in [2.24, 2.45) is 0 Å². The molecule has 3 nitrogen and oxygen atoms in total. The standard InChI is InChI=1S/C10H12F3NO2/c11-10(12,13)9(15)7-14-5-1-3-8-4-2-6-16-8/h1-4,6,9,14-15H,5,7H2/b3-1+. The van der Waals surface area contributed by atoms with Crippen LogP contribution in [0.5, 0.6) is 0 Å². The SMILES string of the molecule is OC(CNC/C=C/c1ccco1)C(F)(F)F. The first-order valence-corrected chi connectivity index (χ1v) is 4.65. The topological polar surface area (TPSA) is 45.4 Å². The number of aliphatic hydroxyl groups excluding tert-OH is 1. The second-order valence-electron chi connectivity index (χ2n) is 3.13. The predicted octanol–water partition coefficient (Wildman–Crippen LogP) is 1.81. The molecule has 0 amide bonds. The van der Waals surface area contributed by atoms with Gasteiger partial charge in [-0.15, -0.1) is 0 Å². The Kier molecular flexibility index (Phi) is 4.57. The van der Waals surface area contributed by atoms with Crippen LogP contribution in [0.3, 0.4) is 0 Å². The third-order valence-electron chi connectivity index (χ3n) is 1.80. The molecule has 0 aliphatic rings. The molecule has 0 saturated heterocycles. The molecule has 1 aromatic rings. The molecule has 1 heterocycles. The van der Waals surface area contributed by atoms with E-state index in [1.54, 1.807) is 24.3 Å². The molecule has 0 aromatic carbocycles. The number of aliphatic hydroxyl groups is 1. The first-order valence-electron chi connectivity index (χ1n) is 4.65. The normalized spacial score (nSPS) is 14.5. The molecule has 0 saturated carbocycles. The molecule has 16 heavy (non-hydrogen) atoms. The van der Waals surface area contributed by atoms with Crippen molar-refractivity contribution in [1.29, 1.82) is 0 Å². The maximum absolute atomic E-state index is 11.9. The van der Waals surface area contributed by atoms with E-state index in [2.05, 4.69) is 5.32 Å². The highest BCUT2D eigenvalue weighted by molar-refractivity contribution is 5.42. The van der Waals surface area contributed by atoms with Gasteiger partial charge < -0.3 is 14.8 Å². The van der Waals surface area contributed by atoms with Crippen molar-refractivity contribution in [3.05, 3.63) is 30.2 Å². The van der Waals surface area contributed by atoms with Gasteiger partial charge in [-0.2, -0.15) is 13.2 Å². The highest BCUT2D eigenvalue weighted by Gasteiger charge is 2.37.